The fourth-order valence-electron chi connectivity index (χ4n) is 2.62. The van der Waals surface area contributed by atoms with E-state index in [1.807, 2.05) is 45.0 Å². The maximum atomic E-state index is 12.5. The number of imidazole rings is 1. The van der Waals surface area contributed by atoms with Gasteiger partial charge in [-0.05, 0) is 45.7 Å². The van der Waals surface area contributed by atoms with Gasteiger partial charge >= 0.3 is 6.09 Å². The number of carbonyl (C=O) groups excluding carboxylic acids is 1. The monoisotopic (exact) mass is 288 g/mol. The Morgan fingerprint density at radius 3 is 2.62 bits per heavy atom. The van der Waals surface area contributed by atoms with Crippen molar-refractivity contribution in [3.63, 3.8) is 0 Å². The van der Waals surface area contributed by atoms with Gasteiger partial charge in [0.05, 0.1) is 17.1 Å². The molecule has 0 aliphatic heterocycles. The number of hydrogen-bond donors (Lipinski definition) is 1. The lowest BCUT2D eigenvalue weighted by Crippen LogP contribution is -2.32. The Bertz CT molecular complexity index is 678. The summed E-state index contributed by atoms with van der Waals surface area (Å²) in [4.78, 5) is 17.1. The largest absolute Gasteiger partial charge is 0.443 e. The lowest BCUT2D eigenvalue weighted by Gasteiger charge is -2.31. The number of benzene rings is 1. The Hall–Kier alpha value is -1.88. The van der Waals surface area contributed by atoms with E-state index >= 15 is 0 Å². The first-order chi connectivity index (χ1) is 9.85. The molecular weight excluding hydrogens is 268 g/mol. The molecule has 0 unspecified atom stereocenters. The maximum absolute atomic E-state index is 12.5. The van der Waals surface area contributed by atoms with Gasteiger partial charge in [-0.3, -0.25) is 0 Å². The summed E-state index contributed by atoms with van der Waals surface area (Å²) >= 11 is 0. The molecule has 1 fully saturated rings. The molecule has 0 saturated heterocycles. The summed E-state index contributed by atoms with van der Waals surface area (Å²) in [5.74, 6) is 0.802. The van der Waals surface area contributed by atoms with Crippen LogP contribution in [0.4, 0.5) is 4.79 Å². The maximum Gasteiger partial charge on any atom is 0.420 e. The van der Waals surface area contributed by atoms with Crippen LogP contribution in [0.5, 0.6) is 0 Å². The quantitative estimate of drug-likeness (QED) is 0.876. The molecule has 0 spiro atoms. The minimum Gasteiger partial charge on any atom is -0.443 e. The van der Waals surface area contributed by atoms with Gasteiger partial charge in [-0.15, -0.1) is 0 Å². The topological polar surface area (TPSA) is 64.4 Å². The first kappa shape index (κ1) is 14.1. The summed E-state index contributed by atoms with van der Waals surface area (Å²) in [6.07, 6.45) is 0.590. The fraction of sp³-hybridized carbons (Fsp3) is 0.500. The van der Waals surface area contributed by atoms with Gasteiger partial charge in [0.1, 0.15) is 11.4 Å². The van der Waals surface area contributed by atoms with Crippen molar-refractivity contribution in [2.45, 2.75) is 51.2 Å². The highest BCUT2D eigenvalue weighted by molar-refractivity contribution is 5.87. The molecule has 0 atom stereocenters. The molecule has 5 nitrogen and oxygen atoms in total. The number of ether oxygens (including phenoxy) is 1. The first-order valence-corrected chi connectivity index (χ1v) is 7.24. The van der Waals surface area contributed by atoms with Crippen LogP contribution in [-0.2, 0) is 4.74 Å². The summed E-state index contributed by atoms with van der Waals surface area (Å²) in [5, 5.41) is 9.52. The second-order valence-corrected chi connectivity index (χ2v) is 6.60. The second-order valence-electron chi connectivity index (χ2n) is 6.60. The Morgan fingerprint density at radius 2 is 2.00 bits per heavy atom. The number of fused-ring (bicyclic) bond motifs is 1. The highest BCUT2D eigenvalue weighted by atomic mass is 16.6. The van der Waals surface area contributed by atoms with Crippen molar-refractivity contribution < 1.29 is 14.6 Å². The summed E-state index contributed by atoms with van der Waals surface area (Å²) in [6, 6.07) is 7.53. The van der Waals surface area contributed by atoms with Crippen molar-refractivity contribution in [1.82, 2.24) is 9.55 Å². The normalized spacial score (nSPS) is 22.1. The number of aliphatic hydroxyl groups excluding tert-OH is 1. The molecular formula is C16H20N2O3. The summed E-state index contributed by atoms with van der Waals surface area (Å²) in [6.45, 7) is 5.53. The highest BCUT2D eigenvalue weighted by Gasteiger charge is 2.35. The van der Waals surface area contributed by atoms with Crippen LogP contribution < -0.4 is 0 Å². The summed E-state index contributed by atoms with van der Waals surface area (Å²) < 4.78 is 7.05. The van der Waals surface area contributed by atoms with E-state index in [1.165, 1.54) is 0 Å². The highest BCUT2D eigenvalue weighted by Crippen LogP contribution is 2.37. The predicted molar refractivity (Wildman–Crippen MR) is 79.3 cm³/mol. The predicted octanol–water partition coefficient (Wildman–Crippen LogP) is 3.06. The molecule has 1 aromatic carbocycles. The van der Waals surface area contributed by atoms with Crippen molar-refractivity contribution in [2.24, 2.45) is 0 Å². The van der Waals surface area contributed by atoms with Crippen molar-refractivity contribution in [3.8, 4) is 0 Å². The summed E-state index contributed by atoms with van der Waals surface area (Å²) in [7, 11) is 0. The Kier molecular flexibility index (Phi) is 3.24. The molecule has 1 aliphatic carbocycles. The van der Waals surface area contributed by atoms with Gasteiger partial charge in [-0.2, -0.15) is 0 Å². The Balaban J connectivity index is 2.05. The van der Waals surface area contributed by atoms with E-state index in [-0.39, 0.29) is 12.0 Å². The molecule has 1 saturated carbocycles. The van der Waals surface area contributed by atoms with Gasteiger partial charge in [0.25, 0.3) is 0 Å². The zero-order valence-electron chi connectivity index (χ0n) is 12.5. The van der Waals surface area contributed by atoms with Gasteiger partial charge in [-0.1, -0.05) is 12.1 Å². The molecule has 112 valence electrons. The number of rotatable bonds is 1. The average Bonchev–Trinajstić information content (AvgIpc) is 2.71. The zero-order valence-corrected chi connectivity index (χ0v) is 12.5. The van der Waals surface area contributed by atoms with Gasteiger partial charge < -0.3 is 9.84 Å². The molecule has 0 amide bonds. The van der Waals surface area contributed by atoms with Crippen molar-refractivity contribution in [3.05, 3.63) is 30.1 Å². The van der Waals surface area contributed by atoms with E-state index in [4.69, 9.17) is 4.74 Å². The first-order valence-electron chi connectivity index (χ1n) is 7.24. The van der Waals surface area contributed by atoms with E-state index in [0.29, 0.717) is 18.7 Å². The average molecular weight is 288 g/mol. The number of nitrogens with zero attached hydrogens (tertiary/aromatic N) is 2. The molecule has 1 aromatic heterocycles. The van der Waals surface area contributed by atoms with E-state index in [1.54, 1.807) is 4.57 Å². The number of carbonyl (C=O) groups is 1. The van der Waals surface area contributed by atoms with Crippen LogP contribution in [0.2, 0.25) is 0 Å². The van der Waals surface area contributed by atoms with Crippen LogP contribution in [0.1, 0.15) is 45.4 Å². The molecule has 0 radical (unpaired) electrons. The molecule has 21 heavy (non-hydrogen) atoms. The molecule has 5 heteroatoms. The number of para-hydroxylation sites is 2. The Labute approximate surface area is 123 Å². The third kappa shape index (κ3) is 2.65. The van der Waals surface area contributed by atoms with Crippen LogP contribution in [0.25, 0.3) is 11.0 Å². The van der Waals surface area contributed by atoms with Crippen molar-refractivity contribution >= 4 is 17.1 Å². The molecule has 0 bridgehead atoms. The molecule has 1 heterocycles. The van der Waals surface area contributed by atoms with Crippen LogP contribution >= 0.6 is 0 Å². The number of aromatic nitrogens is 2. The SMILES string of the molecule is CC(C)(C)OC(=O)n1c2ccccc2nc1[C@H]1C[C@H](O)C1. The van der Waals surface area contributed by atoms with Crippen LogP contribution in [0.3, 0.4) is 0 Å². The van der Waals surface area contributed by atoms with E-state index < -0.39 is 11.7 Å². The lowest BCUT2D eigenvalue weighted by molar-refractivity contribution is 0.0491. The zero-order chi connectivity index (χ0) is 15.2. The van der Waals surface area contributed by atoms with Crippen LogP contribution in [0, 0.1) is 0 Å². The molecule has 1 N–H and O–H groups in total. The van der Waals surface area contributed by atoms with E-state index in [9.17, 15) is 9.90 Å². The molecule has 1 aliphatic rings. The van der Waals surface area contributed by atoms with Gasteiger partial charge in [0.15, 0.2) is 0 Å². The van der Waals surface area contributed by atoms with E-state index in [0.717, 1.165) is 11.0 Å². The van der Waals surface area contributed by atoms with Gasteiger partial charge in [0, 0.05) is 5.92 Å². The fourth-order valence-corrected chi connectivity index (χ4v) is 2.62. The minimum absolute atomic E-state index is 0.111. The number of aliphatic hydroxyl groups is 1. The van der Waals surface area contributed by atoms with Gasteiger partial charge in [0.2, 0.25) is 0 Å². The van der Waals surface area contributed by atoms with Crippen LogP contribution in [0.15, 0.2) is 24.3 Å². The smallest absolute Gasteiger partial charge is 0.420 e. The van der Waals surface area contributed by atoms with Crippen molar-refractivity contribution in [1.29, 1.82) is 0 Å². The standard InChI is InChI=1S/C16H20N2O3/c1-16(2,3)21-15(20)18-13-7-5-4-6-12(13)17-14(18)10-8-11(19)9-10/h4-7,10-11,19H,8-9H2,1-3H3/t10-,11-. The van der Waals surface area contributed by atoms with Crippen molar-refractivity contribution in [2.75, 3.05) is 0 Å². The lowest BCUT2D eigenvalue weighted by atomic mass is 9.82. The van der Waals surface area contributed by atoms with Crippen LogP contribution in [-0.4, -0.2) is 32.5 Å². The molecule has 3 rings (SSSR count). The minimum atomic E-state index is -0.557. The van der Waals surface area contributed by atoms with E-state index in [2.05, 4.69) is 4.98 Å². The number of hydrogen-bond acceptors (Lipinski definition) is 4. The second kappa shape index (κ2) is 4.84. The Morgan fingerprint density at radius 1 is 1.33 bits per heavy atom. The van der Waals surface area contributed by atoms with Gasteiger partial charge in [-0.25, -0.2) is 14.3 Å². The third-order valence-electron chi connectivity index (χ3n) is 3.64. The third-order valence-corrected chi connectivity index (χ3v) is 3.64. The molecule has 2 aromatic rings. The summed E-state index contributed by atoms with van der Waals surface area (Å²) in [5.41, 5.74) is 0.974.